The topological polar surface area (TPSA) is 65.8 Å². The second-order valence-electron chi connectivity index (χ2n) is 2.12. The molecule has 1 aromatic carbocycles. The molecule has 0 aliphatic heterocycles. The first-order chi connectivity index (χ1) is 6.15. The van der Waals surface area contributed by atoms with Gasteiger partial charge in [0.25, 0.3) is 5.91 Å². The Morgan fingerprint density at radius 2 is 2.15 bits per heavy atom. The van der Waals surface area contributed by atoms with E-state index in [-0.39, 0.29) is 0 Å². The van der Waals surface area contributed by atoms with E-state index in [1.807, 2.05) is 0 Å². The summed E-state index contributed by atoms with van der Waals surface area (Å²) in [6.07, 6.45) is 0. The molecule has 0 unspecified atom stereocenters. The lowest BCUT2D eigenvalue weighted by Crippen LogP contribution is -1.98. The third-order valence-corrected chi connectivity index (χ3v) is 1.29. The lowest BCUT2D eigenvalue weighted by Gasteiger charge is -1.96. The molecular formula is C7H3F2N3O. The Balaban J connectivity index is 3.20. The molecule has 0 atom stereocenters. The summed E-state index contributed by atoms with van der Waals surface area (Å²) in [5, 5.41) is 2.63. The molecule has 13 heavy (non-hydrogen) atoms. The average molecular weight is 183 g/mol. The number of carbonyl (C=O) groups is 1. The number of carbonyl (C=O) groups excluding carboxylic acids is 1. The van der Waals surface area contributed by atoms with Crippen LogP contribution in [-0.2, 0) is 0 Å². The zero-order valence-electron chi connectivity index (χ0n) is 6.24. The standard InChI is InChI=1S/C7H3F2N3O/c8-4-1-2-6(9)5(3-4)7(13)11-12-10/h1-3H. The van der Waals surface area contributed by atoms with Crippen molar-refractivity contribution in [3.63, 3.8) is 0 Å². The number of azide groups is 1. The summed E-state index contributed by atoms with van der Waals surface area (Å²) < 4.78 is 25.3. The minimum atomic E-state index is -1.14. The number of benzene rings is 1. The number of halogens is 2. The van der Waals surface area contributed by atoms with Crippen LogP contribution in [0.2, 0.25) is 0 Å². The summed E-state index contributed by atoms with van der Waals surface area (Å²) in [5.74, 6) is -2.82. The first kappa shape index (κ1) is 9.15. The molecule has 6 heteroatoms. The van der Waals surface area contributed by atoms with Crippen molar-refractivity contribution in [1.82, 2.24) is 0 Å². The molecule has 1 amide bonds. The molecule has 4 nitrogen and oxygen atoms in total. The van der Waals surface area contributed by atoms with Crippen LogP contribution in [0.15, 0.2) is 23.3 Å². The Kier molecular flexibility index (Phi) is 2.56. The number of nitrogens with zero attached hydrogens (tertiary/aromatic N) is 3. The quantitative estimate of drug-likeness (QED) is 0.374. The smallest absolute Gasteiger partial charge is 0.252 e. The van der Waals surface area contributed by atoms with E-state index in [9.17, 15) is 13.6 Å². The van der Waals surface area contributed by atoms with Gasteiger partial charge in [-0.3, -0.25) is 4.79 Å². The van der Waals surface area contributed by atoms with Crippen molar-refractivity contribution in [1.29, 1.82) is 0 Å². The minimum absolute atomic E-state index is 0.571. The van der Waals surface area contributed by atoms with Crippen molar-refractivity contribution in [2.45, 2.75) is 0 Å². The lowest BCUT2D eigenvalue weighted by atomic mass is 10.2. The fourth-order valence-electron chi connectivity index (χ4n) is 0.756. The summed E-state index contributed by atoms with van der Waals surface area (Å²) >= 11 is 0. The minimum Gasteiger partial charge on any atom is -0.287 e. The van der Waals surface area contributed by atoms with Crippen LogP contribution in [0, 0.1) is 11.6 Å². The van der Waals surface area contributed by atoms with Crippen LogP contribution in [0.4, 0.5) is 8.78 Å². The molecule has 0 spiro atoms. The van der Waals surface area contributed by atoms with Gasteiger partial charge in [0, 0.05) is 4.91 Å². The molecule has 0 saturated carbocycles. The molecular weight excluding hydrogens is 180 g/mol. The van der Waals surface area contributed by atoms with Crippen LogP contribution < -0.4 is 0 Å². The molecule has 66 valence electrons. The first-order valence-electron chi connectivity index (χ1n) is 3.19. The van der Waals surface area contributed by atoms with Crippen LogP contribution in [0.3, 0.4) is 0 Å². The van der Waals surface area contributed by atoms with E-state index in [1.54, 1.807) is 0 Å². The van der Waals surface area contributed by atoms with Crippen molar-refractivity contribution < 1.29 is 13.6 Å². The zero-order valence-corrected chi connectivity index (χ0v) is 6.24. The molecule has 0 aliphatic carbocycles. The van der Waals surface area contributed by atoms with Gasteiger partial charge in [-0.15, -0.1) is 0 Å². The third kappa shape index (κ3) is 2.00. The summed E-state index contributed by atoms with van der Waals surface area (Å²) in [7, 11) is 0. The molecule has 0 bridgehead atoms. The highest BCUT2D eigenvalue weighted by Crippen LogP contribution is 2.10. The van der Waals surface area contributed by atoms with E-state index in [4.69, 9.17) is 5.53 Å². The third-order valence-electron chi connectivity index (χ3n) is 1.29. The summed E-state index contributed by atoms with van der Waals surface area (Å²) in [5.41, 5.74) is 7.31. The Hall–Kier alpha value is -1.94. The Labute approximate surface area is 71.4 Å². The van der Waals surface area contributed by atoms with Gasteiger partial charge in [0.15, 0.2) is 0 Å². The van der Waals surface area contributed by atoms with E-state index in [1.165, 1.54) is 0 Å². The number of rotatable bonds is 1. The molecule has 0 aromatic heterocycles. The van der Waals surface area contributed by atoms with E-state index >= 15 is 0 Å². The monoisotopic (exact) mass is 183 g/mol. The maximum Gasteiger partial charge on any atom is 0.252 e. The van der Waals surface area contributed by atoms with Gasteiger partial charge in [0.05, 0.1) is 5.56 Å². The zero-order chi connectivity index (χ0) is 9.84. The Bertz CT molecular complexity index is 399. The van der Waals surface area contributed by atoms with E-state index in [0.29, 0.717) is 6.07 Å². The van der Waals surface area contributed by atoms with Gasteiger partial charge in [-0.2, -0.15) is 0 Å². The molecule has 0 radical (unpaired) electrons. The summed E-state index contributed by atoms with van der Waals surface area (Å²) in [6, 6.07) is 2.32. The van der Waals surface area contributed by atoms with Gasteiger partial charge in [-0.25, -0.2) is 8.78 Å². The highest BCUT2D eigenvalue weighted by atomic mass is 19.1. The predicted octanol–water partition coefficient (Wildman–Crippen LogP) is 2.42. The maximum atomic E-state index is 12.8. The number of hydrogen-bond acceptors (Lipinski definition) is 1. The van der Waals surface area contributed by atoms with E-state index in [0.717, 1.165) is 12.1 Å². The van der Waals surface area contributed by atoms with Gasteiger partial charge < -0.3 is 0 Å². The molecule has 0 fully saturated rings. The molecule has 1 rings (SSSR count). The molecule has 0 N–H and O–H groups in total. The first-order valence-corrected chi connectivity index (χ1v) is 3.19. The van der Waals surface area contributed by atoms with Gasteiger partial charge in [0.1, 0.15) is 11.6 Å². The fourth-order valence-corrected chi connectivity index (χ4v) is 0.756. The van der Waals surface area contributed by atoms with E-state index < -0.39 is 23.1 Å². The van der Waals surface area contributed by atoms with Crippen LogP contribution in [0.25, 0.3) is 10.4 Å². The van der Waals surface area contributed by atoms with Crippen molar-refractivity contribution in [2.75, 3.05) is 0 Å². The normalized spacial score (nSPS) is 9.08. The van der Waals surface area contributed by atoms with Crippen molar-refractivity contribution >= 4 is 5.91 Å². The second-order valence-corrected chi connectivity index (χ2v) is 2.12. The summed E-state index contributed by atoms with van der Waals surface area (Å²) in [4.78, 5) is 13.0. The Morgan fingerprint density at radius 1 is 1.46 bits per heavy atom. The van der Waals surface area contributed by atoms with Crippen molar-refractivity contribution in [3.05, 3.63) is 45.8 Å². The van der Waals surface area contributed by atoms with Crippen LogP contribution >= 0.6 is 0 Å². The Morgan fingerprint density at radius 3 is 2.77 bits per heavy atom. The lowest BCUT2D eigenvalue weighted by molar-refractivity contribution is 0.0996. The average Bonchev–Trinajstić information content (AvgIpc) is 2.09. The SMILES string of the molecule is [N-]=[N+]=NC(=O)c1cc(F)ccc1F. The fraction of sp³-hybridized carbons (Fsp3) is 0. The predicted molar refractivity (Wildman–Crippen MR) is 39.8 cm³/mol. The number of amides is 1. The second kappa shape index (κ2) is 3.64. The maximum absolute atomic E-state index is 12.8. The van der Waals surface area contributed by atoms with Crippen LogP contribution in [0.5, 0.6) is 0 Å². The molecule has 0 saturated heterocycles. The van der Waals surface area contributed by atoms with E-state index in [2.05, 4.69) is 10.0 Å². The van der Waals surface area contributed by atoms with Gasteiger partial charge in [-0.05, 0) is 28.8 Å². The molecule has 1 aromatic rings. The van der Waals surface area contributed by atoms with Crippen LogP contribution in [-0.4, -0.2) is 5.91 Å². The highest BCUT2D eigenvalue weighted by Gasteiger charge is 2.10. The van der Waals surface area contributed by atoms with Crippen molar-refractivity contribution in [3.8, 4) is 0 Å². The van der Waals surface area contributed by atoms with Crippen LogP contribution in [0.1, 0.15) is 10.4 Å². The number of hydrogen-bond donors (Lipinski definition) is 0. The largest absolute Gasteiger partial charge is 0.287 e. The van der Waals surface area contributed by atoms with Crippen molar-refractivity contribution in [2.24, 2.45) is 5.11 Å². The van der Waals surface area contributed by atoms with Gasteiger partial charge in [-0.1, -0.05) is 0 Å². The van der Waals surface area contributed by atoms with Gasteiger partial charge >= 0.3 is 0 Å². The molecule has 0 aliphatic rings. The molecule has 0 heterocycles. The summed E-state index contributed by atoms with van der Waals surface area (Å²) in [6.45, 7) is 0. The highest BCUT2D eigenvalue weighted by molar-refractivity contribution is 5.95. The van der Waals surface area contributed by atoms with Gasteiger partial charge in [0.2, 0.25) is 0 Å².